The molecule has 0 aliphatic carbocycles. The second kappa shape index (κ2) is 2.67. The fraction of sp³-hybridized carbons (Fsp3) is 0.273. The Balaban J connectivity index is 2.48. The molecule has 2 rings (SSSR count). The number of benzene rings is 1. The molecule has 0 saturated carbocycles. The highest BCUT2D eigenvalue weighted by molar-refractivity contribution is 5.35. The van der Waals surface area contributed by atoms with Crippen molar-refractivity contribution in [2.75, 3.05) is 0 Å². The van der Waals surface area contributed by atoms with E-state index in [9.17, 15) is 0 Å². The molecule has 0 spiro atoms. The first kappa shape index (κ1) is 7.41. The van der Waals surface area contributed by atoms with Gasteiger partial charge in [-0.1, -0.05) is 37.8 Å². The third-order valence-corrected chi connectivity index (χ3v) is 2.42. The van der Waals surface area contributed by atoms with Gasteiger partial charge in [-0.05, 0) is 11.1 Å². The first-order chi connectivity index (χ1) is 5.79. The number of hydrogen-bond acceptors (Lipinski definition) is 1. The van der Waals surface area contributed by atoms with Crippen molar-refractivity contribution in [3.63, 3.8) is 0 Å². The quantitative estimate of drug-likeness (QED) is 0.567. The van der Waals surface area contributed by atoms with Crippen LogP contribution in [0.25, 0.3) is 0 Å². The molecule has 0 radical (unpaired) electrons. The van der Waals surface area contributed by atoms with Gasteiger partial charge in [0, 0.05) is 5.92 Å². The first-order valence-electron chi connectivity index (χ1n) is 4.18. The van der Waals surface area contributed by atoms with Gasteiger partial charge in [0.2, 0.25) is 0 Å². The summed E-state index contributed by atoms with van der Waals surface area (Å²) in [4.78, 5) is 0. The van der Waals surface area contributed by atoms with Crippen LogP contribution in [-0.4, -0.2) is 0 Å². The number of hydrogen-bond donors (Lipinski definition) is 0. The van der Waals surface area contributed by atoms with Crippen LogP contribution in [-0.2, 0) is 11.3 Å². The van der Waals surface area contributed by atoms with Crippen molar-refractivity contribution in [1.82, 2.24) is 0 Å². The summed E-state index contributed by atoms with van der Waals surface area (Å²) in [5.74, 6) is 1.23. The maximum absolute atomic E-state index is 5.42. The molecule has 1 aliphatic heterocycles. The number of ether oxygens (including phenoxy) is 1. The van der Waals surface area contributed by atoms with Gasteiger partial charge in [-0.2, -0.15) is 0 Å². The van der Waals surface area contributed by atoms with Crippen LogP contribution in [0, 0.1) is 0 Å². The van der Waals surface area contributed by atoms with E-state index in [0.29, 0.717) is 12.5 Å². The maximum Gasteiger partial charge on any atom is 0.113 e. The van der Waals surface area contributed by atoms with Crippen LogP contribution in [0.1, 0.15) is 24.0 Å². The zero-order valence-corrected chi connectivity index (χ0v) is 7.21. The van der Waals surface area contributed by atoms with Gasteiger partial charge < -0.3 is 4.74 Å². The van der Waals surface area contributed by atoms with Gasteiger partial charge in [0.15, 0.2) is 0 Å². The number of rotatable bonds is 0. The summed E-state index contributed by atoms with van der Waals surface area (Å²) in [6, 6.07) is 8.36. The second-order valence-electron chi connectivity index (χ2n) is 3.18. The lowest BCUT2D eigenvalue weighted by molar-refractivity contribution is 0.169. The fourth-order valence-corrected chi connectivity index (χ4v) is 1.56. The Kier molecular flexibility index (Phi) is 1.65. The SMILES string of the molecule is C=C1OCc2ccccc2C1C. The topological polar surface area (TPSA) is 9.23 Å². The summed E-state index contributed by atoms with van der Waals surface area (Å²) < 4.78 is 5.42. The molecule has 12 heavy (non-hydrogen) atoms. The Bertz CT molecular complexity index is 315. The minimum atomic E-state index is 0.343. The van der Waals surface area contributed by atoms with Gasteiger partial charge in [0.1, 0.15) is 6.61 Å². The molecule has 0 fully saturated rings. The summed E-state index contributed by atoms with van der Waals surface area (Å²) in [5.41, 5.74) is 2.64. The van der Waals surface area contributed by atoms with E-state index >= 15 is 0 Å². The lowest BCUT2D eigenvalue weighted by atomic mass is 9.93. The Hall–Kier alpha value is -1.24. The van der Waals surface area contributed by atoms with Gasteiger partial charge in [0.25, 0.3) is 0 Å². The molecule has 1 unspecified atom stereocenters. The number of allylic oxidation sites excluding steroid dienone is 1. The van der Waals surface area contributed by atoms with E-state index in [1.54, 1.807) is 0 Å². The first-order valence-corrected chi connectivity index (χ1v) is 4.18. The molecule has 0 N–H and O–H groups in total. The highest BCUT2D eigenvalue weighted by atomic mass is 16.5. The standard InChI is InChI=1S/C11H12O/c1-8-9(2)12-7-10-5-3-4-6-11(8)10/h3-6,8H,2,7H2,1H3. The minimum absolute atomic E-state index is 0.343. The fourth-order valence-electron chi connectivity index (χ4n) is 1.56. The Morgan fingerprint density at radius 2 is 2.17 bits per heavy atom. The molecule has 0 aromatic heterocycles. The minimum Gasteiger partial charge on any atom is -0.493 e. The molecule has 1 nitrogen and oxygen atoms in total. The van der Waals surface area contributed by atoms with Crippen LogP contribution < -0.4 is 0 Å². The Labute approximate surface area is 72.7 Å². The van der Waals surface area contributed by atoms with Gasteiger partial charge >= 0.3 is 0 Å². The smallest absolute Gasteiger partial charge is 0.113 e. The van der Waals surface area contributed by atoms with Crippen molar-refractivity contribution in [3.8, 4) is 0 Å². The van der Waals surface area contributed by atoms with Crippen LogP contribution in [0.5, 0.6) is 0 Å². The van der Waals surface area contributed by atoms with Crippen LogP contribution in [0.4, 0.5) is 0 Å². The predicted molar refractivity (Wildman–Crippen MR) is 48.8 cm³/mol. The molecular formula is C11H12O. The van der Waals surface area contributed by atoms with Crippen LogP contribution >= 0.6 is 0 Å². The molecule has 0 saturated heterocycles. The average Bonchev–Trinajstić information content (AvgIpc) is 2.12. The van der Waals surface area contributed by atoms with E-state index in [-0.39, 0.29) is 0 Å². The zero-order chi connectivity index (χ0) is 8.55. The maximum atomic E-state index is 5.42. The number of fused-ring (bicyclic) bond motifs is 1. The third-order valence-electron chi connectivity index (χ3n) is 2.42. The van der Waals surface area contributed by atoms with E-state index in [2.05, 4.69) is 31.7 Å². The van der Waals surface area contributed by atoms with E-state index in [4.69, 9.17) is 4.74 Å². The van der Waals surface area contributed by atoms with Crippen molar-refractivity contribution >= 4 is 0 Å². The van der Waals surface area contributed by atoms with E-state index in [0.717, 1.165) is 5.76 Å². The second-order valence-corrected chi connectivity index (χ2v) is 3.18. The molecule has 1 aromatic rings. The molecule has 1 heteroatoms. The summed E-state index contributed by atoms with van der Waals surface area (Å²) in [6.45, 7) is 6.68. The molecule has 1 atom stereocenters. The van der Waals surface area contributed by atoms with Gasteiger partial charge in [-0.15, -0.1) is 0 Å². The Morgan fingerprint density at radius 3 is 3.00 bits per heavy atom. The van der Waals surface area contributed by atoms with Crippen molar-refractivity contribution in [2.24, 2.45) is 0 Å². The van der Waals surface area contributed by atoms with Crippen molar-refractivity contribution in [1.29, 1.82) is 0 Å². The van der Waals surface area contributed by atoms with E-state index in [1.165, 1.54) is 11.1 Å². The summed E-state index contributed by atoms with van der Waals surface area (Å²) >= 11 is 0. The van der Waals surface area contributed by atoms with E-state index < -0.39 is 0 Å². The molecule has 62 valence electrons. The van der Waals surface area contributed by atoms with Crippen molar-refractivity contribution in [2.45, 2.75) is 19.4 Å². The third kappa shape index (κ3) is 1.02. The van der Waals surface area contributed by atoms with E-state index in [1.807, 2.05) is 6.07 Å². The molecule has 0 bridgehead atoms. The lowest BCUT2D eigenvalue weighted by Gasteiger charge is -2.25. The molecular weight excluding hydrogens is 148 g/mol. The highest BCUT2D eigenvalue weighted by Crippen LogP contribution is 2.31. The van der Waals surface area contributed by atoms with Crippen molar-refractivity contribution < 1.29 is 4.74 Å². The largest absolute Gasteiger partial charge is 0.493 e. The average molecular weight is 160 g/mol. The molecule has 1 heterocycles. The van der Waals surface area contributed by atoms with Gasteiger partial charge in [0.05, 0.1) is 5.76 Å². The normalized spacial score (nSPS) is 21.4. The van der Waals surface area contributed by atoms with Gasteiger partial charge in [-0.3, -0.25) is 0 Å². The Morgan fingerprint density at radius 1 is 1.42 bits per heavy atom. The lowest BCUT2D eigenvalue weighted by Crippen LogP contribution is -2.11. The summed E-state index contributed by atoms with van der Waals surface area (Å²) in [6.07, 6.45) is 0. The summed E-state index contributed by atoms with van der Waals surface area (Å²) in [5, 5.41) is 0. The van der Waals surface area contributed by atoms with Crippen molar-refractivity contribution in [3.05, 3.63) is 47.7 Å². The van der Waals surface area contributed by atoms with Crippen LogP contribution in [0.2, 0.25) is 0 Å². The van der Waals surface area contributed by atoms with Crippen LogP contribution in [0.3, 0.4) is 0 Å². The summed E-state index contributed by atoms with van der Waals surface area (Å²) in [7, 11) is 0. The van der Waals surface area contributed by atoms with Crippen LogP contribution in [0.15, 0.2) is 36.6 Å². The highest BCUT2D eigenvalue weighted by Gasteiger charge is 2.19. The molecule has 1 aromatic carbocycles. The monoisotopic (exact) mass is 160 g/mol. The molecule has 0 amide bonds. The van der Waals surface area contributed by atoms with Gasteiger partial charge in [-0.25, -0.2) is 0 Å². The molecule has 1 aliphatic rings. The zero-order valence-electron chi connectivity index (χ0n) is 7.21. The predicted octanol–water partition coefficient (Wildman–Crippen LogP) is 2.83.